The molecule has 0 bridgehead atoms. The predicted octanol–water partition coefficient (Wildman–Crippen LogP) is 0.141. The van der Waals surface area contributed by atoms with Crippen LogP contribution in [0.25, 0.3) is 0 Å². The summed E-state index contributed by atoms with van der Waals surface area (Å²) < 4.78 is 0. The van der Waals surface area contributed by atoms with E-state index >= 15 is 0 Å². The van der Waals surface area contributed by atoms with E-state index in [9.17, 15) is 0 Å². The van der Waals surface area contributed by atoms with Crippen LogP contribution < -0.4 is 0 Å². The van der Waals surface area contributed by atoms with E-state index in [0.29, 0.717) is 0 Å². The molecule has 0 saturated carbocycles. The zero-order chi connectivity index (χ0) is 5.41. The van der Waals surface area contributed by atoms with Crippen LogP contribution in [0.5, 0.6) is 0 Å². The molecule has 0 aliphatic rings. The van der Waals surface area contributed by atoms with Crippen LogP contribution in [0, 0.1) is 4.91 Å². The number of hydrogen-bond donors (Lipinski definition) is 2. The van der Waals surface area contributed by atoms with Crippen LogP contribution in [-0.4, -0.2) is 16.9 Å². The van der Waals surface area contributed by atoms with Crippen LogP contribution in [0.4, 0.5) is 0 Å². The van der Waals surface area contributed by atoms with Gasteiger partial charge in [0.2, 0.25) is 0 Å². The van der Waals surface area contributed by atoms with E-state index in [1.54, 1.807) is 6.92 Å². The van der Waals surface area contributed by atoms with Crippen molar-refractivity contribution in [2.24, 2.45) is 5.34 Å². The molecule has 0 aromatic heterocycles. The fourth-order valence-corrected chi connectivity index (χ4v) is 0. The van der Waals surface area contributed by atoms with Gasteiger partial charge in [-0.15, -0.1) is 4.91 Å². The summed E-state index contributed by atoms with van der Waals surface area (Å²) in [6, 6.07) is 0. The van der Waals surface area contributed by atoms with Gasteiger partial charge in [0, 0.05) is 6.61 Å². The Labute approximate surface area is 35.3 Å². The quantitative estimate of drug-likeness (QED) is 0.330. The van der Waals surface area contributed by atoms with Crippen LogP contribution in [-0.2, 0) is 0 Å². The van der Waals surface area contributed by atoms with E-state index in [1.807, 2.05) is 0 Å². The third-order valence-corrected chi connectivity index (χ3v) is 0. The Hall–Kier alpha value is -0.640. The van der Waals surface area contributed by atoms with Crippen molar-refractivity contribution in [2.75, 3.05) is 6.61 Å². The van der Waals surface area contributed by atoms with Crippen molar-refractivity contribution in [3.05, 3.63) is 4.91 Å². The molecule has 0 aromatic carbocycles. The van der Waals surface area contributed by atoms with Gasteiger partial charge in [0.15, 0.2) is 5.34 Å². The van der Waals surface area contributed by atoms with Crippen molar-refractivity contribution >= 4 is 0 Å². The smallest absolute Gasteiger partial charge is 0.152 e. The number of nitrogens with zero attached hydrogens (tertiary/aromatic N) is 1. The summed E-state index contributed by atoms with van der Waals surface area (Å²) in [4.78, 5) is 8.11. The average molecular weight is 93.1 g/mol. The number of aliphatic hydroxyl groups is 1. The molecule has 0 fully saturated rings. The van der Waals surface area contributed by atoms with Crippen LogP contribution in [0.15, 0.2) is 5.34 Å². The molecule has 0 radical (unpaired) electrons. The first-order chi connectivity index (χ1) is 2.83. The van der Waals surface area contributed by atoms with E-state index in [1.165, 1.54) is 5.34 Å². The molecule has 0 rings (SSSR count). The van der Waals surface area contributed by atoms with E-state index in [4.69, 9.17) is 15.2 Å². The Kier molecular flexibility index (Phi) is 40.0. The second-order valence-electron chi connectivity index (χ2n) is 0.398. The van der Waals surface area contributed by atoms with Gasteiger partial charge in [0.05, 0.1) is 0 Å². The average Bonchev–Trinajstić information content (AvgIpc) is 1.39. The minimum absolute atomic E-state index is 0.250. The summed E-state index contributed by atoms with van der Waals surface area (Å²) in [6.45, 7) is 1.93. The van der Waals surface area contributed by atoms with Crippen molar-refractivity contribution in [3.63, 3.8) is 0 Å². The Morgan fingerprint density at radius 1 is 1.83 bits per heavy atom. The van der Waals surface area contributed by atoms with Gasteiger partial charge in [-0.3, -0.25) is 0 Å². The molecule has 0 heterocycles. The normalized spacial score (nSPS) is 5.00. The summed E-state index contributed by atoms with van der Waals surface area (Å²) >= 11 is 0. The molecule has 4 heteroatoms. The lowest BCUT2D eigenvalue weighted by atomic mass is 10.9. The third-order valence-electron chi connectivity index (χ3n) is 0. The third kappa shape index (κ3) is 45.7. The van der Waals surface area contributed by atoms with E-state index < -0.39 is 0 Å². The fraction of sp³-hybridized carbons (Fsp3) is 1.00. The zero-order valence-electron chi connectivity index (χ0n) is 3.46. The molecule has 0 amide bonds. The Balaban J connectivity index is 0. The van der Waals surface area contributed by atoms with Gasteiger partial charge < -0.3 is 10.3 Å². The lowest BCUT2D eigenvalue weighted by Gasteiger charge is -1.52. The van der Waals surface area contributed by atoms with Gasteiger partial charge in [-0.1, -0.05) is 0 Å². The Morgan fingerprint density at radius 2 is 1.83 bits per heavy atom. The first-order valence-corrected chi connectivity index (χ1v) is 1.41. The van der Waals surface area contributed by atoms with E-state index in [-0.39, 0.29) is 6.61 Å². The van der Waals surface area contributed by atoms with Crippen LogP contribution >= 0.6 is 0 Å². The van der Waals surface area contributed by atoms with Crippen molar-refractivity contribution in [1.82, 2.24) is 0 Å². The number of hydrogen-bond acceptors (Lipinski definition) is 3. The summed E-state index contributed by atoms with van der Waals surface area (Å²) in [5, 5.41) is 15.5. The van der Waals surface area contributed by atoms with E-state index in [0.717, 1.165) is 0 Å². The Bertz CT molecular complexity index is 22.8. The van der Waals surface area contributed by atoms with Crippen molar-refractivity contribution < 1.29 is 10.3 Å². The highest BCUT2D eigenvalue weighted by atomic mass is 16.6. The van der Waals surface area contributed by atoms with Crippen molar-refractivity contribution in [1.29, 1.82) is 0 Å². The summed E-state index contributed by atoms with van der Waals surface area (Å²) in [7, 11) is 0. The van der Waals surface area contributed by atoms with Crippen molar-refractivity contribution in [3.8, 4) is 0 Å². The van der Waals surface area contributed by atoms with Gasteiger partial charge >= 0.3 is 0 Å². The molecule has 6 heavy (non-hydrogen) atoms. The Morgan fingerprint density at radius 3 is 1.83 bits per heavy atom. The highest BCUT2D eigenvalue weighted by Crippen LogP contribution is 1.30. The summed E-state index contributed by atoms with van der Waals surface area (Å²) in [5.74, 6) is 0. The SMILES string of the molecule is CCO.O=NO. The molecule has 0 aliphatic carbocycles. The molecular weight excluding hydrogens is 86.0 g/mol. The van der Waals surface area contributed by atoms with E-state index in [2.05, 4.69) is 0 Å². The molecule has 0 aromatic rings. The lowest BCUT2D eigenvalue weighted by molar-refractivity contribution is 0.312. The highest BCUT2D eigenvalue weighted by Gasteiger charge is 1.34. The molecule has 0 unspecified atom stereocenters. The summed E-state index contributed by atoms with van der Waals surface area (Å²) in [6.07, 6.45) is 0. The van der Waals surface area contributed by atoms with Gasteiger partial charge in [0.1, 0.15) is 0 Å². The zero-order valence-corrected chi connectivity index (χ0v) is 3.46. The number of rotatable bonds is 0. The fourth-order valence-electron chi connectivity index (χ4n) is 0. The highest BCUT2D eigenvalue weighted by molar-refractivity contribution is 3.84. The minimum Gasteiger partial charge on any atom is -0.397 e. The van der Waals surface area contributed by atoms with Gasteiger partial charge in [-0.2, -0.15) is 0 Å². The predicted molar refractivity (Wildman–Crippen MR) is 20.3 cm³/mol. The second-order valence-corrected chi connectivity index (χ2v) is 0.398. The van der Waals surface area contributed by atoms with Crippen LogP contribution in [0.2, 0.25) is 0 Å². The molecule has 0 saturated heterocycles. The van der Waals surface area contributed by atoms with Gasteiger partial charge in [-0.05, 0) is 6.92 Å². The van der Waals surface area contributed by atoms with Crippen molar-refractivity contribution in [2.45, 2.75) is 6.92 Å². The molecule has 0 atom stereocenters. The molecule has 0 spiro atoms. The first-order valence-electron chi connectivity index (χ1n) is 1.41. The summed E-state index contributed by atoms with van der Waals surface area (Å²) in [5.41, 5.74) is 0. The molecule has 2 N–H and O–H groups in total. The maximum atomic E-state index is 8.11. The second kappa shape index (κ2) is 26.6. The molecule has 4 nitrogen and oxygen atoms in total. The van der Waals surface area contributed by atoms with Crippen LogP contribution in [0.1, 0.15) is 6.92 Å². The monoisotopic (exact) mass is 93.0 g/mol. The maximum absolute atomic E-state index is 8.11. The maximum Gasteiger partial charge on any atom is 0.152 e. The molecule has 0 aliphatic heterocycles. The first kappa shape index (κ1) is 9.03. The largest absolute Gasteiger partial charge is 0.397 e. The molecule has 38 valence electrons. The number of aliphatic hydroxyl groups excluding tert-OH is 1. The lowest BCUT2D eigenvalue weighted by Crippen LogP contribution is -1.57. The minimum atomic E-state index is 0.250. The topological polar surface area (TPSA) is 69.9 Å². The molecular formula is C2H7NO3. The van der Waals surface area contributed by atoms with Crippen LogP contribution in [0.3, 0.4) is 0 Å². The standard InChI is InChI=1S/C2H6O.HNO2/c1-2-3;2-1-3/h3H,2H2,1H3;(H,2,3). The van der Waals surface area contributed by atoms with Gasteiger partial charge in [-0.25, -0.2) is 0 Å². The van der Waals surface area contributed by atoms with Gasteiger partial charge in [0.25, 0.3) is 0 Å².